The fourth-order valence-corrected chi connectivity index (χ4v) is 5.03. The number of hydrogen-bond donors (Lipinski definition) is 3. The molecule has 1 amide bonds. The number of carbonyl (C=O) groups excluding carboxylic acids is 1. The lowest BCUT2D eigenvalue weighted by molar-refractivity contribution is -0.759. The number of amides is 1. The first kappa shape index (κ1) is 20.7. The third kappa shape index (κ3) is 3.70. The van der Waals surface area contributed by atoms with E-state index >= 15 is 0 Å². The van der Waals surface area contributed by atoms with Gasteiger partial charge >= 0.3 is 5.88 Å². The van der Waals surface area contributed by atoms with Crippen LogP contribution in [0.3, 0.4) is 0 Å². The van der Waals surface area contributed by atoms with Crippen LogP contribution in [0, 0.1) is 11.3 Å². The molecule has 0 atom stereocenters. The van der Waals surface area contributed by atoms with E-state index in [-0.39, 0.29) is 27.8 Å². The van der Waals surface area contributed by atoms with Gasteiger partial charge < -0.3 is 11.5 Å². The number of anilines is 3. The fraction of sp³-hybridized carbons (Fsp3) is 0.227. The van der Waals surface area contributed by atoms with Crippen molar-refractivity contribution >= 4 is 44.9 Å². The molecule has 0 spiro atoms. The molecule has 1 aliphatic heterocycles. The maximum atomic E-state index is 13.1. The molecule has 0 aliphatic carbocycles. The molecule has 10 nitrogen and oxygen atoms in total. The third-order valence-electron chi connectivity index (χ3n) is 5.60. The zero-order valence-electron chi connectivity index (χ0n) is 17.6. The van der Waals surface area contributed by atoms with Crippen molar-refractivity contribution in [3.8, 4) is 17.2 Å². The van der Waals surface area contributed by atoms with Crippen LogP contribution in [0.15, 0.2) is 41.1 Å². The molecule has 0 bridgehead atoms. The molecular formula is C22H21N8O2S+. The second kappa shape index (κ2) is 8.40. The SMILES string of the molecule is N#Cc1c(N)nc2sc(C(=O)Nc3c[n+](N4CCCCC4)no3)c(N)c2c1-c1ccccc1. The zero-order chi connectivity index (χ0) is 22.9. The lowest BCUT2D eigenvalue weighted by Crippen LogP contribution is -2.60. The van der Waals surface area contributed by atoms with Gasteiger partial charge in [-0.15, -0.1) is 11.3 Å². The average Bonchev–Trinajstić information content (AvgIpc) is 3.43. The van der Waals surface area contributed by atoms with Crippen molar-refractivity contribution in [2.45, 2.75) is 19.3 Å². The van der Waals surface area contributed by atoms with Crippen LogP contribution in [0.2, 0.25) is 0 Å². The van der Waals surface area contributed by atoms with Gasteiger partial charge in [0.2, 0.25) is 5.27 Å². The molecule has 11 heteroatoms. The number of nitrogens with two attached hydrogens (primary N) is 2. The van der Waals surface area contributed by atoms with Gasteiger partial charge in [0, 0.05) is 10.9 Å². The highest BCUT2D eigenvalue weighted by Gasteiger charge is 2.27. The Morgan fingerprint density at radius 1 is 1.21 bits per heavy atom. The third-order valence-corrected chi connectivity index (χ3v) is 6.70. The predicted octanol–water partition coefficient (Wildman–Crippen LogP) is 2.65. The summed E-state index contributed by atoms with van der Waals surface area (Å²) in [7, 11) is 0. The average molecular weight is 462 g/mol. The number of aromatic nitrogens is 3. The molecule has 1 saturated heterocycles. The van der Waals surface area contributed by atoms with Crippen LogP contribution in [-0.4, -0.2) is 29.3 Å². The number of benzene rings is 1. The Labute approximate surface area is 193 Å². The molecule has 4 heterocycles. The van der Waals surface area contributed by atoms with Crippen molar-refractivity contribution in [1.82, 2.24) is 10.3 Å². The lowest BCUT2D eigenvalue weighted by Gasteiger charge is -2.17. The Morgan fingerprint density at radius 3 is 2.70 bits per heavy atom. The van der Waals surface area contributed by atoms with Crippen molar-refractivity contribution in [2.24, 2.45) is 0 Å². The van der Waals surface area contributed by atoms with E-state index < -0.39 is 5.91 Å². The predicted molar refractivity (Wildman–Crippen MR) is 125 cm³/mol. The summed E-state index contributed by atoms with van der Waals surface area (Å²) in [6, 6.07) is 11.4. The number of rotatable bonds is 4. The first-order valence-corrected chi connectivity index (χ1v) is 11.3. The molecule has 0 unspecified atom stereocenters. The van der Waals surface area contributed by atoms with E-state index in [1.165, 1.54) is 6.42 Å². The Morgan fingerprint density at radius 2 is 1.97 bits per heavy atom. The standard InChI is InChI=1S/C22H20N8O2S/c23-11-14-16(13-7-3-1-4-8-13)17-18(24)19(33-22(17)27-20(14)25)21(31)26-15-12-30(28-32-15)29-9-5-2-6-10-29/h1,3-4,7-8,12H,2,5-6,9-10H2,(H4-,24,25,26,27,28,31)/p+1. The van der Waals surface area contributed by atoms with E-state index in [4.69, 9.17) is 16.0 Å². The van der Waals surface area contributed by atoms with Gasteiger partial charge in [-0.3, -0.25) is 14.6 Å². The largest absolute Gasteiger partial charge is 0.397 e. The lowest BCUT2D eigenvalue weighted by atomic mass is 9.97. The molecule has 5 rings (SSSR count). The Bertz CT molecular complexity index is 1380. The number of thiophene rings is 1. The summed E-state index contributed by atoms with van der Waals surface area (Å²) >= 11 is 1.11. The Kier molecular flexibility index (Phi) is 5.27. The number of nitrogens with one attached hydrogen (secondary N) is 1. The quantitative estimate of drug-likeness (QED) is 0.392. The molecule has 0 saturated carbocycles. The first-order chi connectivity index (χ1) is 16.1. The molecule has 166 valence electrons. The number of nitrogen functional groups attached to an aromatic ring is 2. The van der Waals surface area contributed by atoms with Gasteiger partial charge in [0.25, 0.3) is 12.1 Å². The van der Waals surface area contributed by atoms with E-state index in [2.05, 4.69) is 26.7 Å². The van der Waals surface area contributed by atoms with Gasteiger partial charge in [-0.2, -0.15) is 10.3 Å². The summed E-state index contributed by atoms with van der Waals surface area (Å²) in [5.74, 6) is -0.153. The van der Waals surface area contributed by atoms with Gasteiger partial charge in [0.15, 0.2) is 0 Å². The van der Waals surface area contributed by atoms with Crippen LogP contribution in [0.1, 0.15) is 34.5 Å². The Balaban J connectivity index is 1.52. The number of nitriles is 1. The summed E-state index contributed by atoms with van der Waals surface area (Å²) in [4.78, 5) is 19.7. The minimum Gasteiger partial charge on any atom is -0.397 e. The maximum Gasteiger partial charge on any atom is 0.306 e. The monoisotopic (exact) mass is 461 g/mol. The van der Waals surface area contributed by atoms with Crippen LogP contribution >= 0.6 is 11.3 Å². The van der Waals surface area contributed by atoms with E-state index in [1.807, 2.05) is 30.3 Å². The van der Waals surface area contributed by atoms with E-state index in [0.717, 1.165) is 42.8 Å². The van der Waals surface area contributed by atoms with Crippen molar-refractivity contribution in [1.29, 1.82) is 5.26 Å². The van der Waals surface area contributed by atoms with Crippen LogP contribution in [0.5, 0.6) is 0 Å². The Hall–Kier alpha value is -4.17. The number of pyridine rings is 1. The number of piperidine rings is 1. The summed E-state index contributed by atoms with van der Waals surface area (Å²) < 4.78 is 5.30. The van der Waals surface area contributed by atoms with E-state index in [1.54, 1.807) is 11.0 Å². The summed E-state index contributed by atoms with van der Waals surface area (Å²) in [6.07, 6.45) is 5.00. The minimum atomic E-state index is -0.450. The summed E-state index contributed by atoms with van der Waals surface area (Å²) in [5, 5.41) is 19.0. The van der Waals surface area contributed by atoms with Crippen molar-refractivity contribution in [3.63, 3.8) is 0 Å². The highest BCUT2D eigenvalue weighted by Crippen LogP contribution is 2.42. The minimum absolute atomic E-state index is 0.0925. The second-order valence-corrected chi connectivity index (χ2v) is 8.70. The summed E-state index contributed by atoms with van der Waals surface area (Å²) in [6.45, 7) is 1.76. The van der Waals surface area contributed by atoms with Crippen molar-refractivity contribution in [2.75, 3.05) is 34.9 Å². The van der Waals surface area contributed by atoms with Crippen LogP contribution in [0.4, 0.5) is 17.4 Å². The van der Waals surface area contributed by atoms with Crippen molar-refractivity contribution < 1.29 is 14.1 Å². The molecule has 0 radical (unpaired) electrons. The van der Waals surface area contributed by atoms with Gasteiger partial charge in [-0.1, -0.05) is 30.3 Å². The van der Waals surface area contributed by atoms with E-state index in [9.17, 15) is 10.1 Å². The molecular weight excluding hydrogens is 440 g/mol. The maximum absolute atomic E-state index is 13.1. The van der Waals surface area contributed by atoms with E-state index in [0.29, 0.717) is 15.8 Å². The topological polar surface area (TPSA) is 151 Å². The normalized spacial score (nSPS) is 13.7. The molecule has 5 N–H and O–H groups in total. The molecule has 1 fully saturated rings. The van der Waals surface area contributed by atoms with Gasteiger partial charge in [-0.25, -0.2) is 4.98 Å². The van der Waals surface area contributed by atoms with Crippen LogP contribution in [0.25, 0.3) is 21.3 Å². The van der Waals surface area contributed by atoms with Gasteiger partial charge in [0.05, 0.1) is 23.6 Å². The number of hydrogen-bond acceptors (Lipinski definition) is 9. The first-order valence-electron chi connectivity index (χ1n) is 10.5. The highest BCUT2D eigenvalue weighted by atomic mass is 32.1. The molecule has 1 aromatic carbocycles. The second-order valence-electron chi connectivity index (χ2n) is 7.71. The number of nitrogens with zero attached hydrogens (tertiary/aromatic N) is 5. The molecule has 3 aromatic heterocycles. The number of carbonyl (C=O) groups is 1. The molecule has 33 heavy (non-hydrogen) atoms. The molecule has 1 aliphatic rings. The molecule has 4 aromatic rings. The van der Waals surface area contributed by atoms with Crippen LogP contribution < -0.4 is 26.6 Å². The van der Waals surface area contributed by atoms with Gasteiger partial charge in [-0.05, 0) is 24.8 Å². The van der Waals surface area contributed by atoms with Gasteiger partial charge in [0.1, 0.15) is 27.2 Å². The number of fused-ring (bicyclic) bond motifs is 1. The summed E-state index contributed by atoms with van der Waals surface area (Å²) in [5.41, 5.74) is 14.3. The smallest absolute Gasteiger partial charge is 0.306 e. The fourth-order valence-electron chi connectivity index (χ4n) is 4.02. The highest BCUT2D eigenvalue weighted by molar-refractivity contribution is 7.21. The van der Waals surface area contributed by atoms with Crippen molar-refractivity contribution in [3.05, 3.63) is 47.0 Å². The zero-order valence-corrected chi connectivity index (χ0v) is 18.4. The van der Waals surface area contributed by atoms with Crippen LogP contribution in [-0.2, 0) is 0 Å².